The van der Waals surface area contributed by atoms with Crippen LogP contribution < -0.4 is 9.80 Å². The summed E-state index contributed by atoms with van der Waals surface area (Å²) >= 11 is 0. The highest BCUT2D eigenvalue weighted by Crippen LogP contribution is 2.46. The molecule has 492 valence electrons. The molecule has 5 heteroatoms. The lowest BCUT2D eigenvalue weighted by atomic mass is 9.98. The van der Waals surface area contributed by atoms with Gasteiger partial charge in [0.1, 0.15) is 0 Å². The van der Waals surface area contributed by atoms with Crippen molar-refractivity contribution in [3.05, 3.63) is 406 Å². The minimum absolute atomic E-state index is 1.06. The lowest BCUT2D eigenvalue weighted by Gasteiger charge is -2.28. The van der Waals surface area contributed by atoms with Gasteiger partial charge < -0.3 is 23.5 Å². The Morgan fingerprint density at radius 1 is 0.162 bits per heavy atom. The predicted octanol–water partition coefficient (Wildman–Crippen LogP) is 27.4. The quantitative estimate of drug-likeness (QED) is 0.108. The molecule has 0 spiro atoms. The number of rotatable bonds is 14. The molecule has 20 aromatic rings. The second kappa shape index (κ2) is 25.6. The van der Waals surface area contributed by atoms with Gasteiger partial charge >= 0.3 is 0 Å². The summed E-state index contributed by atoms with van der Waals surface area (Å²) in [5.74, 6) is 0. The lowest BCUT2D eigenvalue weighted by Crippen LogP contribution is -2.11. The van der Waals surface area contributed by atoms with E-state index in [1.54, 1.807) is 0 Å². The summed E-state index contributed by atoms with van der Waals surface area (Å²) in [5, 5.41) is 9.67. The van der Waals surface area contributed by atoms with Crippen LogP contribution in [0.3, 0.4) is 0 Å². The topological polar surface area (TPSA) is 21.3 Å². The summed E-state index contributed by atoms with van der Waals surface area (Å²) in [4.78, 5) is 4.78. The van der Waals surface area contributed by atoms with E-state index in [4.69, 9.17) is 0 Å². The van der Waals surface area contributed by atoms with Crippen molar-refractivity contribution in [1.29, 1.82) is 0 Å². The molecule has 0 unspecified atom stereocenters. The van der Waals surface area contributed by atoms with Crippen LogP contribution in [0.5, 0.6) is 0 Å². The molecule has 3 heterocycles. The normalized spacial score (nSPS) is 11.6. The summed E-state index contributed by atoms with van der Waals surface area (Å²) in [6.45, 7) is 0. The molecule has 0 atom stereocenters. The third-order valence-electron chi connectivity index (χ3n) is 21.2. The van der Waals surface area contributed by atoms with E-state index >= 15 is 0 Å². The van der Waals surface area contributed by atoms with Gasteiger partial charge in [0.2, 0.25) is 0 Å². The van der Waals surface area contributed by atoms with Gasteiger partial charge in [0.15, 0.2) is 0 Å². The molecule has 0 saturated carbocycles. The molecule has 20 rings (SSSR count). The summed E-state index contributed by atoms with van der Waals surface area (Å²) in [6.07, 6.45) is 0. The van der Waals surface area contributed by atoms with Crippen molar-refractivity contribution in [1.82, 2.24) is 13.7 Å². The molecule has 0 fully saturated rings. The van der Waals surface area contributed by atoms with Crippen LogP contribution >= 0.6 is 0 Å². The highest BCUT2D eigenvalue weighted by Gasteiger charge is 2.23. The third kappa shape index (κ3) is 10.7. The third-order valence-corrected chi connectivity index (χ3v) is 21.2. The van der Waals surface area contributed by atoms with Gasteiger partial charge in [-0.2, -0.15) is 0 Å². The van der Waals surface area contributed by atoms with Gasteiger partial charge in [-0.15, -0.1) is 0 Å². The first-order valence-electron chi connectivity index (χ1n) is 36.0. The minimum atomic E-state index is 1.06. The molecule has 0 bridgehead atoms. The van der Waals surface area contributed by atoms with Gasteiger partial charge in [-0.05, 0) is 206 Å². The maximum absolute atomic E-state index is 2.48. The summed E-state index contributed by atoms with van der Waals surface area (Å²) in [5.41, 5.74) is 28.3. The van der Waals surface area contributed by atoms with Crippen LogP contribution in [0.25, 0.3) is 149 Å². The Morgan fingerprint density at radius 2 is 0.495 bits per heavy atom. The number of anilines is 6. The number of hydrogen-bond acceptors (Lipinski definition) is 2. The molecule has 0 saturated heterocycles. The van der Waals surface area contributed by atoms with Crippen LogP contribution in [0.1, 0.15) is 0 Å². The second-order valence-corrected chi connectivity index (χ2v) is 27.3. The molecular formula is C100H67N5. The maximum Gasteiger partial charge on any atom is 0.0541 e. The molecule has 0 aliphatic carbocycles. The SMILES string of the molecule is c1ccc(-c2ccc(N(c3ccc(-c4ccccc4)cc3)c3ccc(-c4cc(-n5c6ccccc6c6ccccc65)cc(-n5c6ccccc6c6cc(-c7ccccc7N(c7ccccc7)c7ccc8cc(-c9ccc(-n%10c%11ccccc%11c%11ccccc%11%10)cc9)ccc8c7)ccc65)c4)cc3)cc2)cc1. The van der Waals surface area contributed by atoms with Crippen molar-refractivity contribution < 1.29 is 0 Å². The zero-order valence-electron chi connectivity index (χ0n) is 57.4. The van der Waals surface area contributed by atoms with E-state index in [9.17, 15) is 0 Å². The smallest absolute Gasteiger partial charge is 0.0541 e. The molecule has 0 aliphatic rings. The monoisotopic (exact) mass is 1340 g/mol. The number of hydrogen-bond donors (Lipinski definition) is 0. The minimum Gasteiger partial charge on any atom is -0.311 e. The fraction of sp³-hybridized carbons (Fsp3) is 0. The molecular weight excluding hydrogens is 1270 g/mol. The number of fused-ring (bicyclic) bond motifs is 10. The number of nitrogens with zero attached hydrogens (tertiary/aromatic N) is 5. The summed E-state index contributed by atoms with van der Waals surface area (Å²) in [7, 11) is 0. The predicted molar refractivity (Wildman–Crippen MR) is 444 cm³/mol. The first-order valence-corrected chi connectivity index (χ1v) is 36.0. The molecule has 5 nitrogen and oxygen atoms in total. The molecule has 105 heavy (non-hydrogen) atoms. The highest BCUT2D eigenvalue weighted by molar-refractivity contribution is 6.13. The largest absolute Gasteiger partial charge is 0.311 e. The van der Waals surface area contributed by atoms with Crippen LogP contribution in [0, 0.1) is 0 Å². The Labute approximate surface area is 609 Å². The van der Waals surface area contributed by atoms with Gasteiger partial charge in [-0.25, -0.2) is 0 Å². The molecule has 3 aromatic heterocycles. The average Bonchev–Trinajstić information content (AvgIpc) is 1.59. The van der Waals surface area contributed by atoms with E-state index in [0.717, 1.165) is 95.5 Å². The Hall–Kier alpha value is -14.0. The average molecular weight is 1340 g/mol. The molecule has 0 radical (unpaired) electrons. The Balaban J connectivity index is 0.682. The standard InChI is InChI=1S/C100H67N5/c1-4-22-68(23-5-1)70-42-52-80(53-43-70)101(81-54-44-71(45-55-81)69-24-6-2-7-25-69)82-56-48-73(49-57-82)78-64-85(104-97-37-19-13-31-90(97)91-32-14-20-38-98(91)104)67-86(65-78)105-99-39-21-15-33-92(99)93-66-77(51-61-100(93)105)87-28-10-16-34-94(87)102(79-26-8-3-9-27-79)84-60-50-75-62-74(40-41-76(75)63-84)72-46-58-83(59-47-72)103-95-35-17-11-29-88(95)89-30-12-18-36-96(89)103/h1-67H. The number of para-hydroxylation sites is 7. The Bertz CT molecular complexity index is 6480. The first kappa shape index (κ1) is 60.9. The Morgan fingerprint density at radius 3 is 1.00 bits per heavy atom. The van der Waals surface area contributed by atoms with Crippen LogP contribution in [0.4, 0.5) is 34.1 Å². The van der Waals surface area contributed by atoms with Crippen LogP contribution in [0.15, 0.2) is 406 Å². The number of aromatic nitrogens is 3. The summed E-state index contributed by atoms with van der Waals surface area (Å²) < 4.78 is 7.31. The Kier molecular flexibility index (Phi) is 14.8. The highest BCUT2D eigenvalue weighted by atomic mass is 15.1. The zero-order chi connectivity index (χ0) is 69.3. The van der Waals surface area contributed by atoms with Gasteiger partial charge in [0.25, 0.3) is 0 Å². The fourth-order valence-corrected chi connectivity index (χ4v) is 16.2. The van der Waals surface area contributed by atoms with Crippen molar-refractivity contribution in [3.8, 4) is 72.7 Å². The summed E-state index contributed by atoms with van der Waals surface area (Å²) in [6, 6.07) is 149. The maximum atomic E-state index is 2.48. The fourth-order valence-electron chi connectivity index (χ4n) is 16.2. The lowest BCUT2D eigenvalue weighted by molar-refractivity contribution is 1.13. The van der Waals surface area contributed by atoms with Crippen LogP contribution in [-0.2, 0) is 0 Å². The van der Waals surface area contributed by atoms with Gasteiger partial charge in [-0.1, -0.05) is 261 Å². The molecule has 17 aromatic carbocycles. The second-order valence-electron chi connectivity index (χ2n) is 27.3. The van der Waals surface area contributed by atoms with Gasteiger partial charge in [0, 0.05) is 83.4 Å². The van der Waals surface area contributed by atoms with E-state index in [1.165, 1.54) is 87.5 Å². The van der Waals surface area contributed by atoms with Crippen molar-refractivity contribution in [3.63, 3.8) is 0 Å². The first-order chi connectivity index (χ1) is 52.1. The van der Waals surface area contributed by atoms with E-state index in [-0.39, 0.29) is 0 Å². The van der Waals surface area contributed by atoms with Crippen LogP contribution in [-0.4, -0.2) is 13.7 Å². The van der Waals surface area contributed by atoms with Gasteiger partial charge in [-0.3, -0.25) is 0 Å². The van der Waals surface area contributed by atoms with E-state index in [0.29, 0.717) is 0 Å². The molecule has 0 aliphatic heterocycles. The number of benzene rings is 17. The zero-order valence-corrected chi connectivity index (χ0v) is 57.4. The van der Waals surface area contributed by atoms with Crippen molar-refractivity contribution in [2.45, 2.75) is 0 Å². The van der Waals surface area contributed by atoms with E-state index in [1.807, 2.05) is 0 Å². The van der Waals surface area contributed by atoms with Crippen molar-refractivity contribution in [2.24, 2.45) is 0 Å². The molecule has 0 amide bonds. The van der Waals surface area contributed by atoms with Crippen molar-refractivity contribution in [2.75, 3.05) is 9.80 Å². The van der Waals surface area contributed by atoms with Crippen molar-refractivity contribution >= 4 is 110 Å². The molecule has 0 N–H and O–H groups in total. The van der Waals surface area contributed by atoms with Crippen LogP contribution in [0.2, 0.25) is 0 Å². The van der Waals surface area contributed by atoms with E-state index in [2.05, 4.69) is 430 Å². The van der Waals surface area contributed by atoms with E-state index < -0.39 is 0 Å². The van der Waals surface area contributed by atoms with Gasteiger partial charge in [0.05, 0.1) is 38.8 Å².